The van der Waals surface area contributed by atoms with Gasteiger partial charge >= 0.3 is 0 Å². The van der Waals surface area contributed by atoms with Gasteiger partial charge in [-0.3, -0.25) is 4.79 Å². The van der Waals surface area contributed by atoms with Crippen LogP contribution in [0.2, 0.25) is 0 Å². The summed E-state index contributed by atoms with van der Waals surface area (Å²) in [5.41, 5.74) is 0. The van der Waals surface area contributed by atoms with Gasteiger partial charge in [-0.15, -0.1) is 0 Å². The predicted molar refractivity (Wildman–Crippen MR) is 41.4 cm³/mol. The molecular formula is C7H12N2O. The molecule has 0 spiro atoms. The Bertz CT molecular complexity index is 150. The summed E-state index contributed by atoms with van der Waals surface area (Å²) in [6.45, 7) is 0. The summed E-state index contributed by atoms with van der Waals surface area (Å²) in [6.07, 6.45) is 6.60. The smallest absolute Gasteiger partial charge is 0.243 e. The lowest BCUT2D eigenvalue weighted by Crippen LogP contribution is -2.13. The van der Waals surface area contributed by atoms with Crippen molar-refractivity contribution in [3.63, 3.8) is 0 Å². The van der Waals surface area contributed by atoms with E-state index in [1.54, 1.807) is 32.4 Å². The van der Waals surface area contributed by atoms with E-state index in [2.05, 4.69) is 10.6 Å². The van der Waals surface area contributed by atoms with Crippen LogP contribution in [0.15, 0.2) is 24.4 Å². The zero-order valence-corrected chi connectivity index (χ0v) is 6.22. The van der Waals surface area contributed by atoms with Crippen molar-refractivity contribution in [2.75, 3.05) is 14.1 Å². The number of carbonyl (C=O) groups is 1. The second-order valence-electron chi connectivity index (χ2n) is 1.62. The molecule has 3 heteroatoms. The third-order valence-electron chi connectivity index (χ3n) is 0.868. The standard InChI is InChI=1S/C7H12N2O/c1-8-6-4-3-5-7(10)9-2/h3-6,8H,1-2H3,(H,9,10)/b5-3+,6-4-. The highest BCUT2D eigenvalue weighted by atomic mass is 16.1. The van der Waals surface area contributed by atoms with Gasteiger partial charge in [-0.2, -0.15) is 0 Å². The predicted octanol–water partition coefficient (Wildman–Crippen LogP) is 0.0217. The first-order valence-electron chi connectivity index (χ1n) is 3.03. The fraction of sp³-hybridized carbons (Fsp3) is 0.286. The van der Waals surface area contributed by atoms with Gasteiger partial charge < -0.3 is 10.6 Å². The lowest BCUT2D eigenvalue weighted by molar-refractivity contribution is -0.116. The Morgan fingerprint density at radius 3 is 2.50 bits per heavy atom. The van der Waals surface area contributed by atoms with Crippen LogP contribution in [0.5, 0.6) is 0 Å². The minimum absolute atomic E-state index is 0.0965. The zero-order valence-electron chi connectivity index (χ0n) is 6.22. The average Bonchev–Trinajstić information content (AvgIpc) is 1.98. The Morgan fingerprint density at radius 2 is 2.00 bits per heavy atom. The molecule has 0 aliphatic carbocycles. The number of hydrogen-bond acceptors (Lipinski definition) is 2. The van der Waals surface area contributed by atoms with E-state index in [0.29, 0.717) is 0 Å². The molecule has 1 amide bonds. The van der Waals surface area contributed by atoms with E-state index in [1.807, 2.05) is 0 Å². The van der Waals surface area contributed by atoms with Crippen molar-refractivity contribution in [1.82, 2.24) is 10.6 Å². The number of allylic oxidation sites excluding steroid dienone is 2. The minimum atomic E-state index is -0.0965. The van der Waals surface area contributed by atoms with Crippen LogP contribution in [0.1, 0.15) is 0 Å². The van der Waals surface area contributed by atoms with Crippen LogP contribution in [0.3, 0.4) is 0 Å². The summed E-state index contributed by atoms with van der Waals surface area (Å²) in [5, 5.41) is 5.26. The third kappa shape index (κ3) is 4.90. The molecule has 0 rings (SSSR count). The molecule has 0 aromatic rings. The first kappa shape index (κ1) is 8.75. The second-order valence-corrected chi connectivity index (χ2v) is 1.62. The molecule has 0 bridgehead atoms. The van der Waals surface area contributed by atoms with Crippen LogP contribution >= 0.6 is 0 Å². The fourth-order valence-electron chi connectivity index (χ4n) is 0.378. The minimum Gasteiger partial charge on any atom is -0.394 e. The van der Waals surface area contributed by atoms with Crippen LogP contribution < -0.4 is 10.6 Å². The van der Waals surface area contributed by atoms with E-state index in [4.69, 9.17) is 0 Å². The van der Waals surface area contributed by atoms with Crippen molar-refractivity contribution < 1.29 is 4.79 Å². The third-order valence-corrected chi connectivity index (χ3v) is 0.868. The van der Waals surface area contributed by atoms with Gasteiger partial charge in [0.15, 0.2) is 0 Å². The van der Waals surface area contributed by atoms with Gasteiger partial charge in [-0.05, 0) is 12.3 Å². The van der Waals surface area contributed by atoms with Gasteiger partial charge in [0.25, 0.3) is 0 Å². The normalized spacial score (nSPS) is 10.6. The molecule has 0 aromatic heterocycles. The Labute approximate surface area is 60.8 Å². The molecule has 0 unspecified atom stereocenters. The van der Waals surface area contributed by atoms with Crippen molar-refractivity contribution >= 4 is 5.91 Å². The molecule has 0 saturated heterocycles. The Kier molecular flexibility index (Phi) is 5.14. The van der Waals surface area contributed by atoms with Crippen molar-refractivity contribution in [2.24, 2.45) is 0 Å². The maximum Gasteiger partial charge on any atom is 0.243 e. The lowest BCUT2D eigenvalue weighted by atomic mass is 10.4. The molecule has 56 valence electrons. The second kappa shape index (κ2) is 5.88. The molecule has 0 fully saturated rings. The molecule has 0 aliphatic heterocycles. The van der Waals surface area contributed by atoms with Gasteiger partial charge in [-0.25, -0.2) is 0 Å². The van der Waals surface area contributed by atoms with Gasteiger partial charge in [0.05, 0.1) is 0 Å². The van der Waals surface area contributed by atoms with Crippen molar-refractivity contribution in [1.29, 1.82) is 0 Å². The Hall–Kier alpha value is -1.25. The topological polar surface area (TPSA) is 41.1 Å². The monoisotopic (exact) mass is 140 g/mol. The van der Waals surface area contributed by atoms with Gasteiger partial charge in [0, 0.05) is 20.2 Å². The molecule has 3 nitrogen and oxygen atoms in total. The molecule has 0 heterocycles. The van der Waals surface area contributed by atoms with Crippen molar-refractivity contribution in [2.45, 2.75) is 0 Å². The quantitative estimate of drug-likeness (QED) is 0.428. The summed E-state index contributed by atoms with van der Waals surface area (Å²) in [5.74, 6) is -0.0965. The van der Waals surface area contributed by atoms with Crippen LogP contribution in [-0.4, -0.2) is 20.0 Å². The largest absolute Gasteiger partial charge is 0.394 e. The maximum absolute atomic E-state index is 10.5. The fourth-order valence-corrected chi connectivity index (χ4v) is 0.378. The van der Waals surface area contributed by atoms with E-state index in [0.717, 1.165) is 0 Å². The van der Waals surface area contributed by atoms with Crippen LogP contribution in [0, 0.1) is 0 Å². The first-order chi connectivity index (χ1) is 4.81. The zero-order chi connectivity index (χ0) is 7.82. The number of likely N-dealkylation sites (N-methyl/N-ethyl adjacent to an activating group) is 1. The molecule has 2 N–H and O–H groups in total. The van der Waals surface area contributed by atoms with Gasteiger partial charge in [-0.1, -0.05) is 6.08 Å². The first-order valence-corrected chi connectivity index (χ1v) is 3.03. The van der Waals surface area contributed by atoms with Crippen LogP contribution in [0.4, 0.5) is 0 Å². The highest BCUT2D eigenvalue weighted by Gasteiger charge is 1.82. The molecule has 0 atom stereocenters. The lowest BCUT2D eigenvalue weighted by Gasteiger charge is -1.86. The highest BCUT2D eigenvalue weighted by Crippen LogP contribution is 1.73. The summed E-state index contributed by atoms with van der Waals surface area (Å²) in [7, 11) is 3.39. The van der Waals surface area contributed by atoms with E-state index < -0.39 is 0 Å². The van der Waals surface area contributed by atoms with Gasteiger partial charge in [0.2, 0.25) is 5.91 Å². The molecule has 10 heavy (non-hydrogen) atoms. The highest BCUT2D eigenvalue weighted by molar-refractivity contribution is 5.87. The summed E-state index contributed by atoms with van der Waals surface area (Å²) < 4.78 is 0. The Morgan fingerprint density at radius 1 is 1.30 bits per heavy atom. The summed E-state index contributed by atoms with van der Waals surface area (Å²) >= 11 is 0. The molecule has 0 saturated carbocycles. The average molecular weight is 140 g/mol. The van der Waals surface area contributed by atoms with E-state index >= 15 is 0 Å². The SMILES string of the molecule is CN/C=C\C=C\C(=O)NC. The molecule has 0 aromatic carbocycles. The van der Waals surface area contributed by atoms with Crippen LogP contribution in [-0.2, 0) is 4.79 Å². The van der Waals surface area contributed by atoms with E-state index in [9.17, 15) is 4.79 Å². The summed E-state index contributed by atoms with van der Waals surface area (Å²) in [4.78, 5) is 10.5. The van der Waals surface area contributed by atoms with Crippen molar-refractivity contribution in [3.05, 3.63) is 24.4 Å². The molecule has 0 aliphatic rings. The number of hydrogen-bond donors (Lipinski definition) is 2. The van der Waals surface area contributed by atoms with E-state index in [-0.39, 0.29) is 5.91 Å². The van der Waals surface area contributed by atoms with Crippen LogP contribution in [0.25, 0.3) is 0 Å². The number of carbonyl (C=O) groups excluding carboxylic acids is 1. The molecular weight excluding hydrogens is 128 g/mol. The number of nitrogens with one attached hydrogen (secondary N) is 2. The maximum atomic E-state index is 10.5. The number of rotatable bonds is 3. The Balaban J connectivity index is 3.55. The van der Waals surface area contributed by atoms with E-state index in [1.165, 1.54) is 6.08 Å². The molecule has 0 radical (unpaired) electrons. The van der Waals surface area contributed by atoms with Crippen molar-refractivity contribution in [3.8, 4) is 0 Å². The summed E-state index contributed by atoms with van der Waals surface area (Å²) in [6, 6.07) is 0. The number of amides is 1. The van der Waals surface area contributed by atoms with Gasteiger partial charge in [0.1, 0.15) is 0 Å².